The molecule has 0 aromatic heterocycles. The van der Waals surface area contributed by atoms with E-state index < -0.39 is 15.3 Å². The van der Waals surface area contributed by atoms with Crippen molar-refractivity contribution in [2.75, 3.05) is 16.7 Å². The van der Waals surface area contributed by atoms with E-state index in [-0.39, 0.29) is 5.91 Å². The molecule has 1 heterocycles. The van der Waals surface area contributed by atoms with Gasteiger partial charge in [-0.05, 0) is 30.7 Å². The van der Waals surface area contributed by atoms with E-state index in [1.54, 1.807) is 25.1 Å². The van der Waals surface area contributed by atoms with Crippen LogP contribution in [0.15, 0.2) is 18.2 Å². The van der Waals surface area contributed by atoms with E-state index in [0.29, 0.717) is 11.4 Å². The quantitative estimate of drug-likeness (QED) is 0.825. The molecule has 1 aromatic carbocycles. The van der Waals surface area contributed by atoms with Gasteiger partial charge in [-0.1, -0.05) is 0 Å². The molecule has 0 radical (unpaired) electrons. The van der Waals surface area contributed by atoms with E-state index in [2.05, 4.69) is 5.32 Å². The van der Waals surface area contributed by atoms with Crippen molar-refractivity contribution in [2.24, 2.45) is 0 Å². The standard InChI is InChI=1S/C11H14N2O3S/c1-7-10-6-9(12-8(2)14)4-5-11(10)13(3)17(7,15)16/h4-7H,1-3H3,(H,12,14). The van der Waals surface area contributed by atoms with Crippen molar-refractivity contribution in [1.29, 1.82) is 0 Å². The molecule has 0 spiro atoms. The fraction of sp³-hybridized carbons (Fsp3) is 0.364. The minimum absolute atomic E-state index is 0.174. The lowest BCUT2D eigenvalue weighted by atomic mass is 10.1. The van der Waals surface area contributed by atoms with Crippen LogP contribution in [0.4, 0.5) is 11.4 Å². The van der Waals surface area contributed by atoms with Gasteiger partial charge in [0, 0.05) is 19.7 Å². The summed E-state index contributed by atoms with van der Waals surface area (Å²) in [6.45, 7) is 3.06. The van der Waals surface area contributed by atoms with Crippen molar-refractivity contribution in [3.05, 3.63) is 23.8 Å². The van der Waals surface area contributed by atoms with E-state index in [1.807, 2.05) is 0 Å². The lowest BCUT2D eigenvalue weighted by Gasteiger charge is -2.11. The minimum Gasteiger partial charge on any atom is -0.326 e. The molecule has 0 saturated carbocycles. The Balaban J connectivity index is 2.50. The summed E-state index contributed by atoms with van der Waals surface area (Å²) in [5, 5.41) is 2.07. The van der Waals surface area contributed by atoms with Crippen molar-refractivity contribution < 1.29 is 13.2 Å². The Morgan fingerprint density at radius 1 is 1.41 bits per heavy atom. The van der Waals surface area contributed by atoms with E-state index in [0.717, 1.165) is 5.56 Å². The highest BCUT2D eigenvalue weighted by Crippen LogP contribution is 2.42. The molecule has 1 N–H and O–H groups in total. The Labute approximate surface area is 100 Å². The van der Waals surface area contributed by atoms with Gasteiger partial charge in [0.1, 0.15) is 5.25 Å². The maximum absolute atomic E-state index is 11.9. The molecule has 0 fully saturated rings. The first kappa shape index (κ1) is 11.9. The van der Waals surface area contributed by atoms with Crippen molar-refractivity contribution in [1.82, 2.24) is 0 Å². The molecule has 0 aliphatic carbocycles. The predicted octanol–water partition coefficient (Wildman–Crippen LogP) is 1.49. The summed E-state index contributed by atoms with van der Waals surface area (Å²) in [6.07, 6.45) is 0. The van der Waals surface area contributed by atoms with Crippen molar-refractivity contribution in [3.8, 4) is 0 Å². The summed E-state index contributed by atoms with van der Waals surface area (Å²) in [6, 6.07) is 5.12. The molecule has 1 aliphatic rings. The van der Waals surface area contributed by atoms with Crippen LogP contribution in [-0.2, 0) is 14.8 Å². The number of sulfonamides is 1. The molecule has 1 aromatic rings. The Morgan fingerprint density at radius 2 is 2.06 bits per heavy atom. The normalized spacial score (nSPS) is 21.1. The average Bonchev–Trinajstić information content (AvgIpc) is 2.40. The molecule has 92 valence electrons. The average molecular weight is 254 g/mol. The zero-order valence-electron chi connectivity index (χ0n) is 9.89. The first-order valence-electron chi connectivity index (χ1n) is 5.23. The van der Waals surface area contributed by atoms with Crippen LogP contribution in [0.1, 0.15) is 24.7 Å². The van der Waals surface area contributed by atoms with E-state index >= 15 is 0 Å². The van der Waals surface area contributed by atoms with Gasteiger partial charge in [-0.25, -0.2) is 8.42 Å². The first-order chi connectivity index (χ1) is 7.84. The van der Waals surface area contributed by atoms with Gasteiger partial charge in [0.15, 0.2) is 0 Å². The van der Waals surface area contributed by atoms with Gasteiger partial charge < -0.3 is 5.32 Å². The molecule has 5 nitrogen and oxygen atoms in total. The summed E-state index contributed by atoms with van der Waals surface area (Å²) in [7, 11) is -1.75. The smallest absolute Gasteiger partial charge is 0.241 e. The molecule has 2 rings (SSSR count). The van der Waals surface area contributed by atoms with Crippen LogP contribution in [0.3, 0.4) is 0 Å². The van der Waals surface area contributed by atoms with Gasteiger partial charge in [-0.15, -0.1) is 0 Å². The second-order valence-electron chi connectivity index (χ2n) is 4.11. The Hall–Kier alpha value is -1.56. The van der Waals surface area contributed by atoms with Gasteiger partial charge in [0.2, 0.25) is 15.9 Å². The fourth-order valence-electron chi connectivity index (χ4n) is 1.98. The van der Waals surface area contributed by atoms with Crippen LogP contribution >= 0.6 is 0 Å². The number of carbonyl (C=O) groups excluding carboxylic acids is 1. The van der Waals surface area contributed by atoms with Gasteiger partial charge in [-0.3, -0.25) is 9.10 Å². The van der Waals surface area contributed by atoms with Gasteiger partial charge in [0.05, 0.1) is 5.69 Å². The van der Waals surface area contributed by atoms with Crippen molar-refractivity contribution in [3.63, 3.8) is 0 Å². The Kier molecular flexibility index (Phi) is 2.61. The molecule has 1 aliphatic heterocycles. The van der Waals surface area contributed by atoms with E-state index in [4.69, 9.17) is 0 Å². The van der Waals surface area contributed by atoms with Gasteiger partial charge >= 0.3 is 0 Å². The summed E-state index contributed by atoms with van der Waals surface area (Å²) >= 11 is 0. The molecule has 1 atom stereocenters. The topological polar surface area (TPSA) is 66.5 Å². The van der Waals surface area contributed by atoms with Crippen molar-refractivity contribution >= 4 is 27.3 Å². The second kappa shape index (κ2) is 3.73. The SMILES string of the molecule is CC(=O)Nc1ccc2c(c1)C(C)S(=O)(=O)N2C. The van der Waals surface area contributed by atoms with Crippen LogP contribution in [0.2, 0.25) is 0 Å². The number of rotatable bonds is 1. The molecule has 0 bridgehead atoms. The maximum atomic E-state index is 11.9. The summed E-state index contributed by atoms with van der Waals surface area (Å²) < 4.78 is 25.1. The van der Waals surface area contributed by atoms with Gasteiger partial charge in [0.25, 0.3) is 0 Å². The van der Waals surface area contributed by atoms with E-state index in [9.17, 15) is 13.2 Å². The second-order valence-corrected chi connectivity index (χ2v) is 6.39. The molecule has 0 saturated heterocycles. The number of benzene rings is 1. The predicted molar refractivity (Wildman–Crippen MR) is 66.5 cm³/mol. The van der Waals surface area contributed by atoms with Crippen LogP contribution < -0.4 is 9.62 Å². The van der Waals surface area contributed by atoms with Crippen LogP contribution in [0.5, 0.6) is 0 Å². The number of nitrogens with zero attached hydrogens (tertiary/aromatic N) is 1. The summed E-state index contributed by atoms with van der Waals surface area (Å²) in [4.78, 5) is 10.9. The van der Waals surface area contributed by atoms with Crippen molar-refractivity contribution in [2.45, 2.75) is 19.1 Å². The number of amides is 1. The lowest BCUT2D eigenvalue weighted by Crippen LogP contribution is -2.22. The zero-order chi connectivity index (χ0) is 12.8. The van der Waals surface area contributed by atoms with Crippen LogP contribution in [0.25, 0.3) is 0 Å². The van der Waals surface area contributed by atoms with Gasteiger partial charge in [-0.2, -0.15) is 0 Å². The minimum atomic E-state index is -3.29. The lowest BCUT2D eigenvalue weighted by molar-refractivity contribution is -0.114. The third-order valence-corrected chi connectivity index (χ3v) is 5.06. The number of anilines is 2. The summed E-state index contributed by atoms with van der Waals surface area (Å²) in [5.74, 6) is -0.174. The number of fused-ring (bicyclic) bond motifs is 1. The fourth-order valence-corrected chi connectivity index (χ4v) is 3.41. The molecule has 6 heteroatoms. The van der Waals surface area contributed by atoms with Crippen LogP contribution in [-0.4, -0.2) is 21.4 Å². The number of hydrogen-bond acceptors (Lipinski definition) is 3. The Morgan fingerprint density at radius 3 is 2.65 bits per heavy atom. The molecular weight excluding hydrogens is 240 g/mol. The number of hydrogen-bond donors (Lipinski definition) is 1. The monoisotopic (exact) mass is 254 g/mol. The third-order valence-electron chi connectivity index (χ3n) is 2.95. The molecule has 17 heavy (non-hydrogen) atoms. The maximum Gasteiger partial charge on any atom is 0.241 e. The highest BCUT2D eigenvalue weighted by molar-refractivity contribution is 7.93. The number of carbonyl (C=O) groups is 1. The summed E-state index contributed by atoms with van der Waals surface area (Å²) in [5.41, 5.74) is 2.01. The Bertz CT molecular complexity index is 580. The third kappa shape index (κ3) is 1.78. The highest BCUT2D eigenvalue weighted by atomic mass is 32.2. The van der Waals surface area contributed by atoms with Crippen LogP contribution in [0, 0.1) is 0 Å². The van der Waals surface area contributed by atoms with E-state index in [1.165, 1.54) is 18.3 Å². The molecule has 1 amide bonds. The molecule has 1 unspecified atom stereocenters. The number of nitrogens with one attached hydrogen (secondary N) is 1. The molecular formula is C11H14N2O3S. The zero-order valence-corrected chi connectivity index (χ0v) is 10.7. The largest absolute Gasteiger partial charge is 0.326 e. The highest BCUT2D eigenvalue weighted by Gasteiger charge is 2.37. The first-order valence-corrected chi connectivity index (χ1v) is 6.73.